The summed E-state index contributed by atoms with van der Waals surface area (Å²) in [6.07, 6.45) is 0.811. The van der Waals surface area contributed by atoms with E-state index in [1.54, 1.807) is 17.0 Å². The van der Waals surface area contributed by atoms with Crippen LogP contribution in [0.2, 0.25) is 0 Å². The third-order valence-electron chi connectivity index (χ3n) is 2.77. The van der Waals surface area contributed by atoms with Crippen LogP contribution >= 0.6 is 0 Å². The summed E-state index contributed by atoms with van der Waals surface area (Å²) in [4.78, 5) is 13.3. The zero-order valence-electron chi connectivity index (χ0n) is 9.43. The molecule has 2 rings (SSSR count). The summed E-state index contributed by atoms with van der Waals surface area (Å²) in [6.45, 7) is 1.06. The van der Waals surface area contributed by atoms with E-state index in [0.717, 1.165) is 6.42 Å². The van der Waals surface area contributed by atoms with Crippen LogP contribution in [0.1, 0.15) is 6.42 Å². The first-order chi connectivity index (χ1) is 8.16. The highest BCUT2D eigenvalue weighted by Crippen LogP contribution is 2.15. The van der Waals surface area contributed by atoms with Crippen molar-refractivity contribution in [3.05, 3.63) is 30.1 Å². The molecule has 2 N–H and O–H groups in total. The molecule has 0 spiro atoms. The first-order valence-electron chi connectivity index (χ1n) is 5.57. The van der Waals surface area contributed by atoms with Crippen LogP contribution in [0, 0.1) is 5.82 Å². The minimum absolute atomic E-state index is 0.0485. The van der Waals surface area contributed by atoms with Crippen LogP contribution in [-0.2, 0) is 4.79 Å². The Morgan fingerprint density at radius 1 is 1.53 bits per heavy atom. The van der Waals surface area contributed by atoms with E-state index in [1.165, 1.54) is 12.1 Å². The van der Waals surface area contributed by atoms with E-state index < -0.39 is 5.82 Å². The number of carbonyl (C=O) groups excluding carboxylic acids is 1. The predicted molar refractivity (Wildman–Crippen MR) is 61.1 cm³/mol. The van der Waals surface area contributed by atoms with Crippen molar-refractivity contribution in [2.24, 2.45) is 5.73 Å². The van der Waals surface area contributed by atoms with Crippen molar-refractivity contribution in [2.45, 2.75) is 12.5 Å². The number of hydrogen-bond acceptors (Lipinski definition) is 3. The first-order valence-corrected chi connectivity index (χ1v) is 5.57. The van der Waals surface area contributed by atoms with Gasteiger partial charge in [-0.25, -0.2) is 4.39 Å². The largest absolute Gasteiger partial charge is 0.481 e. The smallest absolute Gasteiger partial charge is 0.260 e. The number of hydrogen-bond donors (Lipinski definition) is 1. The minimum Gasteiger partial charge on any atom is -0.481 e. The molecule has 0 aliphatic carbocycles. The molecular weight excluding hydrogens is 223 g/mol. The lowest BCUT2D eigenvalue weighted by molar-refractivity contribution is -0.132. The second kappa shape index (κ2) is 5.14. The fraction of sp³-hybridized carbons (Fsp3) is 0.417. The number of rotatable bonds is 3. The Morgan fingerprint density at radius 3 is 2.94 bits per heavy atom. The molecule has 1 fully saturated rings. The number of nitrogens with two attached hydrogens (primary N) is 1. The molecule has 1 aliphatic rings. The summed E-state index contributed by atoms with van der Waals surface area (Å²) >= 11 is 0. The van der Waals surface area contributed by atoms with Crippen molar-refractivity contribution < 1.29 is 13.9 Å². The molecular formula is C12H15FN2O2. The summed E-state index contributed by atoms with van der Waals surface area (Å²) in [5, 5.41) is 0. The Bertz CT molecular complexity index is 411. The first kappa shape index (κ1) is 11.9. The zero-order valence-corrected chi connectivity index (χ0v) is 9.43. The molecule has 1 atom stereocenters. The lowest BCUT2D eigenvalue weighted by Gasteiger charge is -2.16. The lowest BCUT2D eigenvalue weighted by Crippen LogP contribution is -2.35. The molecule has 0 saturated carbocycles. The topological polar surface area (TPSA) is 55.6 Å². The van der Waals surface area contributed by atoms with Crippen molar-refractivity contribution >= 4 is 5.91 Å². The van der Waals surface area contributed by atoms with Gasteiger partial charge in [0.25, 0.3) is 5.91 Å². The summed E-state index contributed by atoms with van der Waals surface area (Å²) in [5.74, 6) is -0.510. The maximum atomic E-state index is 13.2. The van der Waals surface area contributed by atoms with Gasteiger partial charge < -0.3 is 15.4 Å². The molecule has 1 saturated heterocycles. The molecule has 1 heterocycles. The van der Waals surface area contributed by atoms with E-state index in [1.807, 2.05) is 0 Å². The molecule has 17 heavy (non-hydrogen) atoms. The predicted octanol–water partition coefficient (Wildman–Crippen LogP) is 0.764. The number of carbonyl (C=O) groups is 1. The summed E-state index contributed by atoms with van der Waals surface area (Å²) in [7, 11) is 0. The molecule has 0 radical (unpaired) electrons. The lowest BCUT2D eigenvalue weighted by atomic mass is 10.3. The molecule has 4 nitrogen and oxygen atoms in total. The molecule has 0 bridgehead atoms. The van der Waals surface area contributed by atoms with E-state index in [2.05, 4.69) is 0 Å². The van der Waals surface area contributed by atoms with E-state index in [4.69, 9.17) is 10.5 Å². The molecule has 1 aromatic rings. The summed E-state index contributed by atoms with van der Waals surface area (Å²) < 4.78 is 18.3. The number of benzene rings is 1. The van der Waals surface area contributed by atoms with Crippen LogP contribution in [0.15, 0.2) is 24.3 Å². The van der Waals surface area contributed by atoms with Crippen LogP contribution in [0.4, 0.5) is 4.39 Å². The van der Waals surface area contributed by atoms with Crippen LogP contribution in [0.5, 0.6) is 5.75 Å². The third-order valence-corrected chi connectivity index (χ3v) is 2.77. The molecule has 92 valence electrons. The number of amides is 1. The fourth-order valence-corrected chi connectivity index (χ4v) is 1.81. The minimum atomic E-state index is -0.460. The van der Waals surface area contributed by atoms with Crippen molar-refractivity contribution in [2.75, 3.05) is 19.7 Å². The fourth-order valence-electron chi connectivity index (χ4n) is 1.81. The van der Waals surface area contributed by atoms with Gasteiger partial charge in [0, 0.05) is 19.1 Å². The number of halogens is 1. The Kier molecular flexibility index (Phi) is 3.58. The Morgan fingerprint density at radius 2 is 2.29 bits per heavy atom. The summed E-state index contributed by atoms with van der Waals surface area (Å²) in [6, 6.07) is 6.08. The average molecular weight is 238 g/mol. The van der Waals surface area contributed by atoms with E-state index in [-0.39, 0.29) is 24.3 Å². The molecule has 1 aromatic carbocycles. The van der Waals surface area contributed by atoms with Crippen LogP contribution in [-0.4, -0.2) is 36.5 Å². The highest BCUT2D eigenvalue weighted by atomic mass is 19.1. The van der Waals surface area contributed by atoms with Gasteiger partial charge in [0.05, 0.1) is 0 Å². The standard InChI is InChI=1S/C12H15FN2O2/c13-10-3-1-2-4-11(10)17-8-12(16)15-6-5-9(14)7-15/h1-4,9H,5-8,14H2/t9-/m1/s1. The highest BCUT2D eigenvalue weighted by molar-refractivity contribution is 5.78. The van der Waals surface area contributed by atoms with Crippen molar-refractivity contribution in [1.82, 2.24) is 4.90 Å². The van der Waals surface area contributed by atoms with Crippen molar-refractivity contribution in [1.29, 1.82) is 0 Å². The molecule has 0 aromatic heterocycles. The molecule has 1 amide bonds. The molecule has 5 heteroatoms. The number of para-hydroxylation sites is 1. The Balaban J connectivity index is 1.86. The van der Waals surface area contributed by atoms with Crippen LogP contribution in [0.3, 0.4) is 0 Å². The van der Waals surface area contributed by atoms with Gasteiger partial charge in [-0.2, -0.15) is 0 Å². The van der Waals surface area contributed by atoms with Crippen molar-refractivity contribution in [3.8, 4) is 5.75 Å². The molecule has 0 unspecified atom stereocenters. The van der Waals surface area contributed by atoms with Gasteiger partial charge >= 0.3 is 0 Å². The third kappa shape index (κ3) is 2.94. The monoisotopic (exact) mass is 238 g/mol. The normalized spacial score (nSPS) is 19.4. The molecule has 1 aliphatic heterocycles. The summed E-state index contributed by atoms with van der Waals surface area (Å²) in [5.41, 5.74) is 5.70. The van der Waals surface area contributed by atoms with Crippen molar-refractivity contribution in [3.63, 3.8) is 0 Å². The Hall–Kier alpha value is -1.62. The number of likely N-dealkylation sites (tertiary alicyclic amines) is 1. The van der Waals surface area contributed by atoms with Crippen LogP contribution < -0.4 is 10.5 Å². The Labute approximate surface area is 99.2 Å². The van der Waals surface area contributed by atoms with Gasteiger partial charge in [-0.05, 0) is 18.6 Å². The maximum absolute atomic E-state index is 13.2. The highest BCUT2D eigenvalue weighted by Gasteiger charge is 2.23. The van der Waals surface area contributed by atoms with E-state index in [0.29, 0.717) is 13.1 Å². The van der Waals surface area contributed by atoms with Crippen LogP contribution in [0.25, 0.3) is 0 Å². The second-order valence-electron chi connectivity index (χ2n) is 4.11. The number of nitrogens with zero attached hydrogens (tertiary/aromatic N) is 1. The van der Waals surface area contributed by atoms with Gasteiger partial charge in [-0.1, -0.05) is 12.1 Å². The SMILES string of the molecule is N[C@@H]1CCN(C(=O)COc2ccccc2F)C1. The van der Waals surface area contributed by atoms with Gasteiger partial charge in [-0.15, -0.1) is 0 Å². The second-order valence-corrected chi connectivity index (χ2v) is 4.11. The van der Waals surface area contributed by atoms with Gasteiger partial charge in [0.1, 0.15) is 0 Å². The number of ether oxygens (including phenoxy) is 1. The zero-order chi connectivity index (χ0) is 12.3. The van der Waals surface area contributed by atoms with E-state index in [9.17, 15) is 9.18 Å². The quantitative estimate of drug-likeness (QED) is 0.846. The van der Waals surface area contributed by atoms with Gasteiger partial charge in [0.2, 0.25) is 0 Å². The average Bonchev–Trinajstić information content (AvgIpc) is 2.74. The van der Waals surface area contributed by atoms with E-state index >= 15 is 0 Å². The van der Waals surface area contributed by atoms with Gasteiger partial charge in [0.15, 0.2) is 18.2 Å². The van der Waals surface area contributed by atoms with Gasteiger partial charge in [-0.3, -0.25) is 4.79 Å². The maximum Gasteiger partial charge on any atom is 0.260 e.